The largest absolute Gasteiger partial charge is 0.497 e. The summed E-state index contributed by atoms with van der Waals surface area (Å²) in [5, 5.41) is 9.03. The minimum absolute atomic E-state index is 0.0333. The van der Waals surface area contributed by atoms with Gasteiger partial charge in [-0.3, -0.25) is 9.69 Å². The Hall–Kier alpha value is -2.81. The number of hydrogen-bond donors (Lipinski definition) is 1. The molecule has 1 unspecified atom stereocenters. The standard InChI is InChI=1S/C30H44N2O6/c1-21-22(2)29(38-16-7-15-33)9-8-28(21)23(3)31-12-10-25(11-13-31)32(14-17-35-4)30(34)24-18-26(36-5)20-27(19-24)37-6/h8-9,18-20,23,25,33H,7,10-17H2,1-6H3. The highest BCUT2D eigenvalue weighted by atomic mass is 16.5. The molecule has 0 spiro atoms. The zero-order valence-electron chi connectivity index (χ0n) is 23.8. The molecule has 8 heteroatoms. The average Bonchev–Trinajstić information content (AvgIpc) is 2.95. The zero-order valence-corrected chi connectivity index (χ0v) is 23.8. The van der Waals surface area contributed by atoms with Gasteiger partial charge in [0.25, 0.3) is 5.91 Å². The van der Waals surface area contributed by atoms with E-state index in [-0.39, 0.29) is 24.6 Å². The van der Waals surface area contributed by atoms with E-state index in [0.717, 1.165) is 37.2 Å². The Morgan fingerprint density at radius 3 is 2.26 bits per heavy atom. The quantitative estimate of drug-likeness (QED) is 0.386. The summed E-state index contributed by atoms with van der Waals surface area (Å²) >= 11 is 0. The molecule has 1 N–H and O–H groups in total. The average molecular weight is 529 g/mol. The van der Waals surface area contributed by atoms with Crippen molar-refractivity contribution in [3.05, 3.63) is 52.6 Å². The highest BCUT2D eigenvalue weighted by Gasteiger charge is 2.31. The lowest BCUT2D eigenvalue weighted by atomic mass is 9.94. The number of benzene rings is 2. The van der Waals surface area contributed by atoms with Crippen molar-refractivity contribution in [2.45, 2.75) is 52.1 Å². The molecule has 1 amide bonds. The fourth-order valence-corrected chi connectivity index (χ4v) is 5.19. The van der Waals surface area contributed by atoms with Crippen LogP contribution in [0.3, 0.4) is 0 Å². The summed E-state index contributed by atoms with van der Waals surface area (Å²) in [6, 6.07) is 9.90. The number of methoxy groups -OCH3 is 3. The van der Waals surface area contributed by atoms with Gasteiger partial charge < -0.3 is 29.0 Å². The molecule has 3 rings (SSSR count). The molecule has 1 fully saturated rings. The highest BCUT2D eigenvalue weighted by Crippen LogP contribution is 2.33. The molecule has 2 aromatic rings. The second kappa shape index (κ2) is 14.4. The van der Waals surface area contributed by atoms with Crippen molar-refractivity contribution in [2.24, 2.45) is 0 Å². The molecule has 0 aromatic heterocycles. The Kier molecular flexibility index (Phi) is 11.2. The molecule has 1 aliphatic rings. The van der Waals surface area contributed by atoms with Crippen LogP contribution in [0.25, 0.3) is 0 Å². The van der Waals surface area contributed by atoms with E-state index >= 15 is 0 Å². The van der Waals surface area contributed by atoms with Gasteiger partial charge in [0, 0.05) is 63.5 Å². The first-order valence-corrected chi connectivity index (χ1v) is 13.4. The van der Waals surface area contributed by atoms with Crippen molar-refractivity contribution in [2.75, 3.05) is 60.8 Å². The zero-order chi connectivity index (χ0) is 27.7. The molecule has 8 nitrogen and oxygen atoms in total. The maximum absolute atomic E-state index is 13.7. The van der Waals surface area contributed by atoms with E-state index in [1.165, 1.54) is 11.1 Å². The van der Waals surface area contributed by atoms with Gasteiger partial charge in [-0.05, 0) is 68.5 Å². The van der Waals surface area contributed by atoms with Crippen molar-refractivity contribution < 1.29 is 28.8 Å². The smallest absolute Gasteiger partial charge is 0.254 e. The van der Waals surface area contributed by atoms with Gasteiger partial charge in [-0.1, -0.05) is 6.07 Å². The lowest BCUT2D eigenvalue weighted by molar-refractivity contribution is 0.0444. The minimum Gasteiger partial charge on any atom is -0.497 e. The summed E-state index contributed by atoms with van der Waals surface area (Å²) in [5.74, 6) is 2.04. The van der Waals surface area contributed by atoms with Crippen LogP contribution in [0.5, 0.6) is 17.2 Å². The van der Waals surface area contributed by atoms with E-state index in [4.69, 9.17) is 24.1 Å². The predicted octanol–water partition coefficient (Wildman–Crippen LogP) is 4.40. The molecule has 1 aliphatic heterocycles. The number of carbonyl (C=O) groups excluding carboxylic acids is 1. The number of aliphatic hydroxyl groups is 1. The van der Waals surface area contributed by atoms with Gasteiger partial charge in [-0.25, -0.2) is 0 Å². The molecule has 0 bridgehead atoms. The topological polar surface area (TPSA) is 80.7 Å². The number of nitrogens with zero attached hydrogens (tertiary/aromatic N) is 2. The van der Waals surface area contributed by atoms with Crippen LogP contribution in [0, 0.1) is 13.8 Å². The van der Waals surface area contributed by atoms with Crippen LogP contribution >= 0.6 is 0 Å². The van der Waals surface area contributed by atoms with Crippen LogP contribution in [0.2, 0.25) is 0 Å². The third-order valence-electron chi connectivity index (χ3n) is 7.67. The highest BCUT2D eigenvalue weighted by molar-refractivity contribution is 5.95. The summed E-state index contributed by atoms with van der Waals surface area (Å²) in [7, 11) is 4.84. The first-order valence-electron chi connectivity index (χ1n) is 13.4. The van der Waals surface area contributed by atoms with E-state index in [0.29, 0.717) is 43.2 Å². The van der Waals surface area contributed by atoms with Crippen molar-refractivity contribution in [3.63, 3.8) is 0 Å². The fourth-order valence-electron chi connectivity index (χ4n) is 5.19. The molecule has 1 saturated heterocycles. The van der Waals surface area contributed by atoms with E-state index in [1.54, 1.807) is 39.5 Å². The molecule has 0 aliphatic carbocycles. The van der Waals surface area contributed by atoms with Crippen LogP contribution in [0.1, 0.15) is 59.3 Å². The molecule has 1 heterocycles. The molecule has 1 atom stereocenters. The number of ether oxygens (including phenoxy) is 4. The first kappa shape index (κ1) is 29.7. The second-order valence-corrected chi connectivity index (χ2v) is 9.86. The molecule has 210 valence electrons. The number of piperidine rings is 1. The van der Waals surface area contributed by atoms with Crippen LogP contribution < -0.4 is 14.2 Å². The van der Waals surface area contributed by atoms with Crippen LogP contribution in [0.15, 0.2) is 30.3 Å². The maximum Gasteiger partial charge on any atom is 0.254 e. The molecule has 0 saturated carbocycles. The molecule has 38 heavy (non-hydrogen) atoms. The van der Waals surface area contributed by atoms with E-state index in [9.17, 15) is 4.79 Å². The van der Waals surface area contributed by atoms with E-state index in [2.05, 4.69) is 31.7 Å². The van der Waals surface area contributed by atoms with Gasteiger partial charge in [0.15, 0.2) is 0 Å². The van der Waals surface area contributed by atoms with Crippen LogP contribution in [-0.2, 0) is 4.74 Å². The normalized spacial score (nSPS) is 15.2. The molecular formula is C30H44N2O6. The summed E-state index contributed by atoms with van der Waals surface area (Å²) in [5.41, 5.74) is 4.24. The van der Waals surface area contributed by atoms with Gasteiger partial charge >= 0.3 is 0 Å². The first-order chi connectivity index (χ1) is 18.3. The number of likely N-dealkylation sites (tertiary alicyclic amines) is 1. The SMILES string of the molecule is COCCN(C(=O)c1cc(OC)cc(OC)c1)C1CCN(C(C)c2ccc(OCCCO)c(C)c2C)CC1. The van der Waals surface area contributed by atoms with E-state index < -0.39 is 0 Å². The van der Waals surface area contributed by atoms with Gasteiger partial charge in [-0.2, -0.15) is 0 Å². The summed E-state index contributed by atoms with van der Waals surface area (Å²) in [4.78, 5) is 18.1. The van der Waals surface area contributed by atoms with Crippen molar-refractivity contribution in [3.8, 4) is 17.2 Å². The van der Waals surface area contributed by atoms with Gasteiger partial charge in [0.05, 0.1) is 27.4 Å². The second-order valence-electron chi connectivity index (χ2n) is 9.86. The molecular weight excluding hydrogens is 484 g/mol. The lowest BCUT2D eigenvalue weighted by Crippen LogP contribution is -2.49. The third kappa shape index (κ3) is 7.18. The van der Waals surface area contributed by atoms with Gasteiger partial charge in [0.1, 0.15) is 17.2 Å². The Balaban J connectivity index is 1.71. The predicted molar refractivity (Wildman–Crippen MR) is 149 cm³/mol. The van der Waals surface area contributed by atoms with Crippen molar-refractivity contribution in [1.29, 1.82) is 0 Å². The Labute approximate surface area is 227 Å². The van der Waals surface area contributed by atoms with Crippen molar-refractivity contribution >= 4 is 5.91 Å². The minimum atomic E-state index is -0.0333. The number of rotatable bonds is 13. The molecule has 2 aromatic carbocycles. The number of hydrogen-bond acceptors (Lipinski definition) is 7. The number of aliphatic hydroxyl groups excluding tert-OH is 1. The maximum atomic E-state index is 13.7. The van der Waals surface area contributed by atoms with E-state index in [1.807, 2.05) is 11.0 Å². The van der Waals surface area contributed by atoms with Gasteiger partial charge in [0.2, 0.25) is 0 Å². The Bertz CT molecular complexity index is 1030. The summed E-state index contributed by atoms with van der Waals surface area (Å²) in [6.07, 6.45) is 2.41. The summed E-state index contributed by atoms with van der Waals surface area (Å²) < 4.78 is 22.0. The number of carbonyl (C=O) groups is 1. The fraction of sp³-hybridized carbons (Fsp3) is 0.567. The Morgan fingerprint density at radius 2 is 1.68 bits per heavy atom. The third-order valence-corrected chi connectivity index (χ3v) is 7.67. The van der Waals surface area contributed by atoms with Crippen LogP contribution in [0.4, 0.5) is 0 Å². The number of amides is 1. The Morgan fingerprint density at radius 1 is 1.03 bits per heavy atom. The van der Waals surface area contributed by atoms with Crippen LogP contribution in [-0.4, -0.2) is 87.6 Å². The lowest BCUT2D eigenvalue weighted by Gasteiger charge is -2.41. The monoisotopic (exact) mass is 528 g/mol. The van der Waals surface area contributed by atoms with Gasteiger partial charge in [-0.15, -0.1) is 0 Å². The van der Waals surface area contributed by atoms with Crippen molar-refractivity contribution in [1.82, 2.24) is 9.80 Å². The summed E-state index contributed by atoms with van der Waals surface area (Å²) in [6.45, 7) is 9.96. The molecule has 0 radical (unpaired) electrons.